The van der Waals surface area contributed by atoms with Gasteiger partial charge < -0.3 is 15.2 Å². The molecule has 0 saturated carbocycles. The van der Waals surface area contributed by atoms with Gasteiger partial charge in [0.25, 0.3) is 0 Å². The summed E-state index contributed by atoms with van der Waals surface area (Å²) in [6.45, 7) is 8.11. The standard InChI is InChI=1S/C18H28N2O2/c1-15(19)11-16-3-2-4-17(12-16)22-10-7-20-13-18(14-20)5-8-21-9-6-18/h2-4,12,15H,5-11,13-14,19H2,1H3. The van der Waals surface area contributed by atoms with Gasteiger partial charge in [0.2, 0.25) is 0 Å². The SMILES string of the molecule is CC(N)Cc1cccc(OCCN2CC3(CCOCC3)C2)c1. The molecule has 1 unspecified atom stereocenters. The van der Waals surface area contributed by atoms with Gasteiger partial charge in [-0.15, -0.1) is 0 Å². The lowest BCUT2D eigenvalue weighted by Gasteiger charge is -2.52. The van der Waals surface area contributed by atoms with Gasteiger partial charge in [-0.1, -0.05) is 12.1 Å². The van der Waals surface area contributed by atoms with Gasteiger partial charge in [-0.3, -0.25) is 4.90 Å². The summed E-state index contributed by atoms with van der Waals surface area (Å²) in [6.07, 6.45) is 3.35. The van der Waals surface area contributed by atoms with Crippen molar-refractivity contribution < 1.29 is 9.47 Å². The molecule has 2 fully saturated rings. The van der Waals surface area contributed by atoms with E-state index in [9.17, 15) is 0 Å². The molecule has 2 heterocycles. The third-order valence-corrected chi connectivity index (χ3v) is 4.80. The van der Waals surface area contributed by atoms with E-state index in [0.717, 1.165) is 38.5 Å². The minimum absolute atomic E-state index is 0.187. The third kappa shape index (κ3) is 4.00. The van der Waals surface area contributed by atoms with Crippen LogP contribution in [0.2, 0.25) is 0 Å². The molecule has 0 aromatic heterocycles. The number of hydrogen-bond acceptors (Lipinski definition) is 4. The summed E-state index contributed by atoms with van der Waals surface area (Å²) in [5, 5.41) is 0. The highest BCUT2D eigenvalue weighted by molar-refractivity contribution is 5.29. The van der Waals surface area contributed by atoms with Crippen molar-refractivity contribution >= 4 is 0 Å². The second-order valence-electron chi connectivity index (χ2n) is 7.00. The smallest absolute Gasteiger partial charge is 0.119 e. The van der Waals surface area contributed by atoms with Gasteiger partial charge in [0.15, 0.2) is 0 Å². The van der Waals surface area contributed by atoms with E-state index in [-0.39, 0.29) is 6.04 Å². The summed E-state index contributed by atoms with van der Waals surface area (Å²) in [6, 6.07) is 8.49. The molecule has 3 rings (SSSR count). The Bertz CT molecular complexity index is 476. The lowest BCUT2D eigenvalue weighted by Crippen LogP contribution is -2.59. The quantitative estimate of drug-likeness (QED) is 0.874. The number of benzene rings is 1. The topological polar surface area (TPSA) is 47.7 Å². The number of rotatable bonds is 6. The predicted octanol–water partition coefficient (Wildman–Crippen LogP) is 2.07. The van der Waals surface area contributed by atoms with Gasteiger partial charge in [0.1, 0.15) is 12.4 Å². The van der Waals surface area contributed by atoms with Crippen molar-refractivity contribution in [3.8, 4) is 5.75 Å². The minimum atomic E-state index is 0.187. The fraction of sp³-hybridized carbons (Fsp3) is 0.667. The molecule has 22 heavy (non-hydrogen) atoms. The summed E-state index contributed by atoms with van der Waals surface area (Å²) in [5.74, 6) is 0.958. The zero-order valence-electron chi connectivity index (χ0n) is 13.6. The first-order valence-electron chi connectivity index (χ1n) is 8.43. The van der Waals surface area contributed by atoms with E-state index in [1.54, 1.807) is 0 Å². The number of hydrogen-bond donors (Lipinski definition) is 1. The van der Waals surface area contributed by atoms with Crippen LogP contribution in [-0.2, 0) is 11.2 Å². The van der Waals surface area contributed by atoms with E-state index >= 15 is 0 Å². The summed E-state index contributed by atoms with van der Waals surface area (Å²) in [5.41, 5.74) is 7.65. The first-order valence-corrected chi connectivity index (χ1v) is 8.43. The average Bonchev–Trinajstić information content (AvgIpc) is 2.46. The molecule has 0 radical (unpaired) electrons. The fourth-order valence-electron chi connectivity index (χ4n) is 3.61. The summed E-state index contributed by atoms with van der Waals surface area (Å²) in [7, 11) is 0. The van der Waals surface area contributed by atoms with Crippen molar-refractivity contribution in [3.05, 3.63) is 29.8 Å². The fourth-order valence-corrected chi connectivity index (χ4v) is 3.61. The molecular weight excluding hydrogens is 276 g/mol. The van der Waals surface area contributed by atoms with E-state index < -0.39 is 0 Å². The van der Waals surface area contributed by atoms with E-state index in [2.05, 4.69) is 17.0 Å². The average molecular weight is 304 g/mol. The van der Waals surface area contributed by atoms with Crippen molar-refractivity contribution in [2.75, 3.05) is 39.5 Å². The molecule has 4 heteroatoms. The molecular formula is C18H28N2O2. The Labute approximate surface area is 133 Å². The molecule has 0 bridgehead atoms. The van der Waals surface area contributed by atoms with Gasteiger partial charge >= 0.3 is 0 Å². The van der Waals surface area contributed by atoms with Crippen LogP contribution in [0.15, 0.2) is 24.3 Å². The molecule has 0 aliphatic carbocycles. The maximum atomic E-state index is 5.90. The van der Waals surface area contributed by atoms with Gasteiger partial charge in [0.05, 0.1) is 0 Å². The summed E-state index contributed by atoms with van der Waals surface area (Å²) < 4.78 is 11.4. The molecule has 1 aromatic carbocycles. The second-order valence-corrected chi connectivity index (χ2v) is 7.00. The van der Waals surface area contributed by atoms with Crippen LogP contribution < -0.4 is 10.5 Å². The van der Waals surface area contributed by atoms with Gasteiger partial charge in [-0.2, -0.15) is 0 Å². The normalized spacial score (nSPS) is 22.3. The zero-order chi connectivity index (χ0) is 15.4. The molecule has 2 aliphatic rings. The van der Waals surface area contributed by atoms with Crippen molar-refractivity contribution in [3.63, 3.8) is 0 Å². The summed E-state index contributed by atoms with van der Waals surface area (Å²) >= 11 is 0. The molecule has 1 atom stereocenters. The number of nitrogens with two attached hydrogens (primary N) is 1. The molecule has 2 saturated heterocycles. The van der Waals surface area contributed by atoms with Crippen LogP contribution in [0.3, 0.4) is 0 Å². The van der Waals surface area contributed by atoms with Gasteiger partial charge in [-0.25, -0.2) is 0 Å². The maximum Gasteiger partial charge on any atom is 0.119 e. The highest BCUT2D eigenvalue weighted by Gasteiger charge is 2.43. The predicted molar refractivity (Wildman–Crippen MR) is 88.2 cm³/mol. The first-order chi connectivity index (χ1) is 10.7. The third-order valence-electron chi connectivity index (χ3n) is 4.80. The Balaban J connectivity index is 1.39. The Hall–Kier alpha value is -1.10. The van der Waals surface area contributed by atoms with E-state index in [1.165, 1.54) is 31.5 Å². The first kappa shape index (κ1) is 15.8. The Morgan fingerprint density at radius 1 is 1.32 bits per heavy atom. The van der Waals surface area contributed by atoms with E-state index in [1.807, 2.05) is 19.1 Å². The van der Waals surface area contributed by atoms with Crippen LogP contribution in [0.5, 0.6) is 5.75 Å². The number of likely N-dealkylation sites (tertiary alicyclic amines) is 1. The molecule has 4 nitrogen and oxygen atoms in total. The molecule has 1 spiro atoms. The van der Waals surface area contributed by atoms with Crippen LogP contribution in [0.25, 0.3) is 0 Å². The molecule has 2 aliphatic heterocycles. The molecule has 2 N–H and O–H groups in total. The van der Waals surface area contributed by atoms with Gasteiger partial charge in [-0.05, 0) is 43.9 Å². The van der Waals surface area contributed by atoms with E-state index in [4.69, 9.17) is 15.2 Å². The highest BCUT2D eigenvalue weighted by atomic mass is 16.5. The van der Waals surface area contributed by atoms with Crippen molar-refractivity contribution in [1.82, 2.24) is 4.90 Å². The Kier molecular flexibility index (Phi) is 5.01. The lowest BCUT2D eigenvalue weighted by molar-refractivity contribution is -0.0829. The van der Waals surface area contributed by atoms with Crippen LogP contribution in [0, 0.1) is 5.41 Å². The van der Waals surface area contributed by atoms with E-state index in [0.29, 0.717) is 5.41 Å². The number of ether oxygens (including phenoxy) is 2. The second kappa shape index (κ2) is 6.99. The van der Waals surface area contributed by atoms with Crippen molar-refractivity contribution in [2.24, 2.45) is 11.1 Å². The maximum absolute atomic E-state index is 5.90. The van der Waals surface area contributed by atoms with Crippen LogP contribution in [0.4, 0.5) is 0 Å². The Morgan fingerprint density at radius 2 is 2.09 bits per heavy atom. The van der Waals surface area contributed by atoms with Crippen LogP contribution >= 0.6 is 0 Å². The number of nitrogens with zero attached hydrogens (tertiary/aromatic N) is 1. The minimum Gasteiger partial charge on any atom is -0.492 e. The molecule has 1 aromatic rings. The molecule has 0 amide bonds. The van der Waals surface area contributed by atoms with Crippen LogP contribution in [-0.4, -0.2) is 50.4 Å². The monoisotopic (exact) mass is 304 g/mol. The zero-order valence-corrected chi connectivity index (χ0v) is 13.6. The largest absolute Gasteiger partial charge is 0.492 e. The van der Waals surface area contributed by atoms with Crippen molar-refractivity contribution in [1.29, 1.82) is 0 Å². The van der Waals surface area contributed by atoms with Crippen molar-refractivity contribution in [2.45, 2.75) is 32.2 Å². The highest BCUT2D eigenvalue weighted by Crippen LogP contribution is 2.39. The lowest BCUT2D eigenvalue weighted by atomic mass is 9.73. The molecule has 122 valence electrons. The Morgan fingerprint density at radius 3 is 2.82 bits per heavy atom. The van der Waals surface area contributed by atoms with Crippen LogP contribution in [0.1, 0.15) is 25.3 Å². The summed E-state index contributed by atoms with van der Waals surface area (Å²) in [4.78, 5) is 2.50. The van der Waals surface area contributed by atoms with Gasteiger partial charge in [0, 0.05) is 44.3 Å².